The number of rotatable bonds is 8. The van der Waals surface area contributed by atoms with E-state index in [9.17, 15) is 18.4 Å². The molecule has 5 nitrogen and oxygen atoms in total. The van der Waals surface area contributed by atoms with Crippen molar-refractivity contribution in [3.63, 3.8) is 0 Å². The standard InChI is InChI=1S/C12H13F2NO4S/c13-8-1-2-10(9(14)5-8)19-6-11(16)15-3-4-20-7-12(17)18/h1-2,5H,3-4,6-7H2,(H,15,16)(H,17,18). The number of hydrogen-bond acceptors (Lipinski definition) is 4. The molecule has 0 aliphatic carbocycles. The van der Waals surface area contributed by atoms with Crippen LogP contribution < -0.4 is 10.1 Å². The summed E-state index contributed by atoms with van der Waals surface area (Å²) < 4.78 is 30.7. The fraction of sp³-hybridized carbons (Fsp3) is 0.333. The molecule has 0 aliphatic heterocycles. The minimum absolute atomic E-state index is 0.0346. The van der Waals surface area contributed by atoms with E-state index in [-0.39, 0.29) is 18.0 Å². The lowest BCUT2D eigenvalue weighted by molar-refractivity contribution is -0.133. The number of aliphatic carboxylic acids is 1. The fourth-order valence-electron chi connectivity index (χ4n) is 1.21. The van der Waals surface area contributed by atoms with Crippen LogP contribution in [0.15, 0.2) is 18.2 Å². The molecular formula is C12H13F2NO4S. The maximum absolute atomic E-state index is 13.2. The van der Waals surface area contributed by atoms with Gasteiger partial charge in [-0.15, -0.1) is 11.8 Å². The second-order valence-corrected chi connectivity index (χ2v) is 4.76. The highest BCUT2D eigenvalue weighted by Gasteiger charge is 2.07. The molecule has 0 fully saturated rings. The third kappa shape index (κ3) is 6.37. The minimum Gasteiger partial charge on any atom is -0.481 e. The predicted octanol–water partition coefficient (Wildman–Crippen LogP) is 1.28. The first kappa shape index (κ1) is 16.2. The minimum atomic E-state index is -0.920. The van der Waals surface area contributed by atoms with Crippen molar-refractivity contribution in [3.05, 3.63) is 29.8 Å². The van der Waals surface area contributed by atoms with E-state index < -0.39 is 30.1 Å². The van der Waals surface area contributed by atoms with Crippen LogP contribution in [-0.2, 0) is 9.59 Å². The molecule has 8 heteroatoms. The number of ether oxygens (including phenoxy) is 1. The summed E-state index contributed by atoms with van der Waals surface area (Å²) in [5.41, 5.74) is 0. The smallest absolute Gasteiger partial charge is 0.313 e. The van der Waals surface area contributed by atoms with Gasteiger partial charge in [-0.3, -0.25) is 9.59 Å². The molecule has 0 aromatic heterocycles. The molecule has 1 amide bonds. The number of nitrogens with one attached hydrogen (secondary N) is 1. The van der Waals surface area contributed by atoms with Crippen molar-refractivity contribution < 1.29 is 28.2 Å². The van der Waals surface area contributed by atoms with Crippen LogP contribution in [0.2, 0.25) is 0 Å². The Morgan fingerprint density at radius 3 is 2.75 bits per heavy atom. The molecule has 0 bridgehead atoms. The van der Waals surface area contributed by atoms with E-state index in [1.165, 1.54) is 11.8 Å². The van der Waals surface area contributed by atoms with E-state index in [0.717, 1.165) is 12.1 Å². The highest BCUT2D eigenvalue weighted by atomic mass is 32.2. The number of amides is 1. The van der Waals surface area contributed by atoms with Crippen molar-refractivity contribution in [2.45, 2.75) is 0 Å². The summed E-state index contributed by atoms with van der Waals surface area (Å²) in [4.78, 5) is 21.6. The van der Waals surface area contributed by atoms with Crippen LogP contribution in [0.3, 0.4) is 0 Å². The Balaban J connectivity index is 2.21. The third-order valence-corrected chi connectivity index (χ3v) is 2.99. The Morgan fingerprint density at radius 2 is 2.10 bits per heavy atom. The average Bonchev–Trinajstić information content (AvgIpc) is 2.37. The van der Waals surface area contributed by atoms with Gasteiger partial charge >= 0.3 is 5.97 Å². The molecule has 20 heavy (non-hydrogen) atoms. The Morgan fingerprint density at radius 1 is 1.35 bits per heavy atom. The number of hydrogen-bond donors (Lipinski definition) is 2. The normalized spacial score (nSPS) is 10.1. The maximum Gasteiger partial charge on any atom is 0.313 e. The van der Waals surface area contributed by atoms with E-state index >= 15 is 0 Å². The van der Waals surface area contributed by atoms with E-state index in [0.29, 0.717) is 11.8 Å². The summed E-state index contributed by atoms with van der Waals surface area (Å²) in [6.45, 7) is -0.113. The van der Waals surface area contributed by atoms with Gasteiger partial charge in [0, 0.05) is 18.4 Å². The van der Waals surface area contributed by atoms with Gasteiger partial charge < -0.3 is 15.2 Å². The summed E-state index contributed by atoms with van der Waals surface area (Å²) >= 11 is 1.17. The van der Waals surface area contributed by atoms with Gasteiger partial charge in [-0.2, -0.15) is 0 Å². The molecule has 110 valence electrons. The molecule has 1 aromatic rings. The van der Waals surface area contributed by atoms with Crippen LogP contribution in [0, 0.1) is 11.6 Å². The van der Waals surface area contributed by atoms with E-state index in [1.54, 1.807) is 0 Å². The van der Waals surface area contributed by atoms with E-state index in [2.05, 4.69) is 5.32 Å². The lowest BCUT2D eigenvalue weighted by Crippen LogP contribution is -2.30. The van der Waals surface area contributed by atoms with Crippen LogP contribution in [0.4, 0.5) is 8.78 Å². The van der Waals surface area contributed by atoms with Crippen LogP contribution in [0.1, 0.15) is 0 Å². The largest absolute Gasteiger partial charge is 0.481 e. The zero-order valence-electron chi connectivity index (χ0n) is 10.4. The monoisotopic (exact) mass is 305 g/mol. The van der Waals surface area contributed by atoms with Gasteiger partial charge in [0.05, 0.1) is 5.75 Å². The molecule has 0 radical (unpaired) electrons. The number of carbonyl (C=O) groups is 2. The molecule has 2 N–H and O–H groups in total. The van der Waals surface area contributed by atoms with E-state index in [4.69, 9.17) is 9.84 Å². The average molecular weight is 305 g/mol. The zero-order chi connectivity index (χ0) is 15.0. The van der Waals surface area contributed by atoms with Crippen LogP contribution >= 0.6 is 11.8 Å². The quantitative estimate of drug-likeness (QED) is 0.708. The van der Waals surface area contributed by atoms with Gasteiger partial charge in [0.1, 0.15) is 5.82 Å². The summed E-state index contributed by atoms with van der Waals surface area (Å²) in [5, 5.41) is 10.9. The number of carbonyl (C=O) groups excluding carboxylic acids is 1. The fourth-order valence-corrected chi connectivity index (χ4v) is 1.77. The van der Waals surface area contributed by atoms with Crippen LogP contribution in [-0.4, -0.2) is 41.6 Å². The SMILES string of the molecule is O=C(O)CSCCNC(=O)COc1ccc(F)cc1F. The van der Waals surface area contributed by atoms with E-state index in [1.807, 2.05) is 0 Å². The molecule has 0 atom stereocenters. The zero-order valence-corrected chi connectivity index (χ0v) is 11.2. The summed E-state index contributed by atoms with van der Waals surface area (Å²) in [7, 11) is 0. The van der Waals surface area contributed by atoms with Crippen molar-refractivity contribution >= 4 is 23.6 Å². The lowest BCUT2D eigenvalue weighted by Gasteiger charge is -2.07. The van der Waals surface area contributed by atoms with Gasteiger partial charge in [-0.05, 0) is 12.1 Å². The molecule has 0 aliphatic rings. The maximum atomic E-state index is 13.2. The first-order valence-corrected chi connectivity index (χ1v) is 6.78. The molecule has 0 unspecified atom stereocenters. The van der Waals surface area contributed by atoms with Gasteiger partial charge in [-0.25, -0.2) is 8.78 Å². The van der Waals surface area contributed by atoms with Gasteiger partial charge in [-0.1, -0.05) is 0 Å². The highest BCUT2D eigenvalue weighted by molar-refractivity contribution is 7.99. The van der Waals surface area contributed by atoms with Crippen molar-refractivity contribution in [2.24, 2.45) is 0 Å². The van der Waals surface area contributed by atoms with Crippen molar-refractivity contribution in [2.75, 3.05) is 24.7 Å². The lowest BCUT2D eigenvalue weighted by atomic mass is 10.3. The number of thioether (sulfide) groups is 1. The third-order valence-electron chi connectivity index (χ3n) is 2.05. The Labute approximate surface area is 118 Å². The number of benzene rings is 1. The molecule has 0 saturated carbocycles. The molecule has 0 spiro atoms. The number of carboxylic acid groups (broad SMARTS) is 1. The van der Waals surface area contributed by atoms with Crippen molar-refractivity contribution in [3.8, 4) is 5.75 Å². The topological polar surface area (TPSA) is 75.6 Å². The van der Waals surface area contributed by atoms with Gasteiger partial charge in [0.2, 0.25) is 0 Å². The van der Waals surface area contributed by atoms with Crippen molar-refractivity contribution in [1.29, 1.82) is 0 Å². The Hall–Kier alpha value is -1.83. The predicted molar refractivity (Wildman–Crippen MR) is 69.8 cm³/mol. The molecule has 0 saturated heterocycles. The van der Waals surface area contributed by atoms with Gasteiger partial charge in [0.15, 0.2) is 18.2 Å². The van der Waals surface area contributed by atoms with Crippen molar-refractivity contribution in [1.82, 2.24) is 5.32 Å². The molecule has 0 heterocycles. The molecule has 1 rings (SSSR count). The highest BCUT2D eigenvalue weighted by Crippen LogP contribution is 2.17. The summed E-state index contributed by atoms with van der Waals surface area (Å²) in [6.07, 6.45) is 0. The molecule has 1 aromatic carbocycles. The first-order valence-electron chi connectivity index (χ1n) is 5.63. The van der Waals surface area contributed by atoms with Gasteiger partial charge in [0.25, 0.3) is 5.91 Å². The van der Waals surface area contributed by atoms with Crippen LogP contribution in [0.5, 0.6) is 5.75 Å². The van der Waals surface area contributed by atoms with Crippen LogP contribution in [0.25, 0.3) is 0 Å². The molecular weight excluding hydrogens is 292 g/mol. The second kappa shape index (κ2) is 8.36. The summed E-state index contributed by atoms with van der Waals surface area (Å²) in [6, 6.07) is 2.79. The Kier molecular flexibility index (Phi) is 6.78. The number of halogens is 2. The number of carboxylic acids is 1. The summed E-state index contributed by atoms with van der Waals surface area (Å²) in [5.74, 6) is -2.79. The first-order chi connectivity index (χ1) is 9.49. The Bertz CT molecular complexity index is 485. The second-order valence-electron chi connectivity index (χ2n) is 3.66.